The van der Waals surface area contributed by atoms with Gasteiger partial charge in [0, 0.05) is 12.8 Å². The van der Waals surface area contributed by atoms with Gasteiger partial charge in [0.25, 0.3) is 0 Å². The molecule has 0 aromatic heterocycles. The molecule has 0 bridgehead atoms. The van der Waals surface area contributed by atoms with Crippen LogP contribution >= 0.6 is 0 Å². The zero-order valence-corrected chi connectivity index (χ0v) is 39.2. The minimum atomic E-state index is -0.845. The summed E-state index contributed by atoms with van der Waals surface area (Å²) in [6.07, 6.45) is 58.8. The number of unbranched alkanes of at least 4 members (excludes halogenated alkanes) is 32. The number of hydrogen-bond acceptors (Lipinski definition) is 5. The van der Waals surface area contributed by atoms with Crippen molar-refractivity contribution in [2.75, 3.05) is 13.2 Å². The Morgan fingerprint density at radius 3 is 1.29 bits per heavy atom. The Balaban J connectivity index is 3.47. The molecule has 0 aliphatic rings. The molecule has 0 fully saturated rings. The highest BCUT2D eigenvalue weighted by Gasteiger charge is 2.18. The molecule has 3 N–H and O–H groups in total. The van der Waals surface area contributed by atoms with Crippen molar-refractivity contribution in [2.45, 2.75) is 276 Å². The Bertz CT molecular complexity index is 962. The molecule has 0 radical (unpaired) electrons. The number of carbonyl (C=O) groups is 2. The number of allylic oxidation sites excluding steroid dienone is 4. The lowest BCUT2D eigenvalue weighted by molar-refractivity contribution is -0.143. The van der Waals surface area contributed by atoms with E-state index >= 15 is 0 Å². The zero-order chi connectivity index (χ0) is 43.0. The summed E-state index contributed by atoms with van der Waals surface area (Å²) >= 11 is 0. The van der Waals surface area contributed by atoms with Gasteiger partial charge in [0.15, 0.2) is 0 Å². The van der Waals surface area contributed by atoms with Gasteiger partial charge in [-0.15, -0.1) is 0 Å². The summed E-state index contributed by atoms with van der Waals surface area (Å²) in [6, 6.07) is -0.629. The molecule has 0 aromatic carbocycles. The Hall–Kier alpha value is -1.92. The summed E-state index contributed by atoms with van der Waals surface area (Å²) in [5.41, 5.74) is 0. The molecule has 0 heterocycles. The van der Waals surface area contributed by atoms with Gasteiger partial charge in [-0.25, -0.2) is 0 Å². The second-order valence-corrected chi connectivity index (χ2v) is 17.5. The standard InChI is InChI=1S/C53H99NO5/c1-3-5-7-9-11-13-26-31-35-39-43-47-53(58)59-48-44-40-36-32-28-25-23-21-19-17-15-16-18-20-22-24-27-30-34-38-42-46-52(57)54-50(49-55)51(56)45-41-37-33-29-14-12-10-8-6-4-2/h25,28,36,40-41,45,50-51,55-56H,3-24,26-27,29-35,37-39,42-44,46-49H2,1-2H3,(H,54,57)/b28-25-,40-36-,45-41+. The molecule has 2 atom stereocenters. The number of rotatable bonds is 47. The largest absolute Gasteiger partial charge is 0.465 e. The summed E-state index contributed by atoms with van der Waals surface area (Å²) < 4.78 is 5.39. The molecule has 346 valence electrons. The maximum Gasteiger partial charge on any atom is 0.305 e. The lowest BCUT2D eigenvalue weighted by Gasteiger charge is -2.20. The van der Waals surface area contributed by atoms with Gasteiger partial charge >= 0.3 is 5.97 Å². The zero-order valence-electron chi connectivity index (χ0n) is 39.2. The predicted octanol–water partition coefficient (Wildman–Crippen LogP) is 15.3. The fraction of sp³-hybridized carbons (Fsp3) is 0.849. The van der Waals surface area contributed by atoms with Crippen molar-refractivity contribution in [2.24, 2.45) is 0 Å². The summed E-state index contributed by atoms with van der Waals surface area (Å²) in [5.74, 6) is -0.112. The predicted molar refractivity (Wildman–Crippen MR) is 255 cm³/mol. The first-order chi connectivity index (χ1) is 29.0. The molecule has 0 saturated carbocycles. The van der Waals surface area contributed by atoms with Crippen LogP contribution in [0.2, 0.25) is 0 Å². The number of esters is 1. The van der Waals surface area contributed by atoms with E-state index < -0.39 is 12.1 Å². The van der Waals surface area contributed by atoms with Crippen molar-refractivity contribution < 1.29 is 24.5 Å². The van der Waals surface area contributed by atoms with Crippen molar-refractivity contribution in [1.82, 2.24) is 5.32 Å². The molecular formula is C53H99NO5. The van der Waals surface area contributed by atoms with Crippen LogP contribution in [0.25, 0.3) is 0 Å². The fourth-order valence-electron chi connectivity index (χ4n) is 7.71. The smallest absolute Gasteiger partial charge is 0.305 e. The molecule has 6 nitrogen and oxygen atoms in total. The van der Waals surface area contributed by atoms with E-state index in [4.69, 9.17) is 4.74 Å². The Morgan fingerprint density at radius 2 is 0.847 bits per heavy atom. The number of aliphatic hydroxyl groups is 2. The van der Waals surface area contributed by atoms with E-state index in [9.17, 15) is 19.8 Å². The van der Waals surface area contributed by atoms with Gasteiger partial charge in [-0.05, 0) is 51.4 Å². The van der Waals surface area contributed by atoms with Crippen molar-refractivity contribution >= 4 is 11.9 Å². The highest BCUT2D eigenvalue weighted by Crippen LogP contribution is 2.16. The molecule has 0 aliphatic heterocycles. The van der Waals surface area contributed by atoms with Crippen LogP contribution in [0.1, 0.15) is 264 Å². The second-order valence-electron chi connectivity index (χ2n) is 17.5. The van der Waals surface area contributed by atoms with E-state index in [1.165, 1.54) is 186 Å². The minimum Gasteiger partial charge on any atom is -0.465 e. The van der Waals surface area contributed by atoms with Crippen LogP contribution in [-0.4, -0.2) is 47.4 Å². The Kier molecular flexibility index (Phi) is 47.2. The van der Waals surface area contributed by atoms with Crippen molar-refractivity contribution in [3.63, 3.8) is 0 Å². The summed E-state index contributed by atoms with van der Waals surface area (Å²) in [4.78, 5) is 24.3. The highest BCUT2D eigenvalue weighted by molar-refractivity contribution is 5.76. The number of aliphatic hydroxyl groups excluding tert-OH is 2. The van der Waals surface area contributed by atoms with Gasteiger partial charge < -0.3 is 20.3 Å². The van der Waals surface area contributed by atoms with Crippen LogP contribution < -0.4 is 5.32 Å². The normalized spacial score (nSPS) is 12.9. The Labute approximate surface area is 366 Å². The average molecular weight is 830 g/mol. The molecule has 0 aliphatic carbocycles. The second kappa shape index (κ2) is 48.7. The quantitative estimate of drug-likeness (QED) is 0.0323. The van der Waals surface area contributed by atoms with E-state index in [1.807, 2.05) is 6.08 Å². The first kappa shape index (κ1) is 57.1. The summed E-state index contributed by atoms with van der Waals surface area (Å²) in [6.45, 7) is 4.76. The third-order valence-electron chi connectivity index (χ3n) is 11.7. The van der Waals surface area contributed by atoms with Gasteiger partial charge in [0.1, 0.15) is 0 Å². The lowest BCUT2D eigenvalue weighted by Crippen LogP contribution is -2.45. The van der Waals surface area contributed by atoms with E-state index in [0.717, 1.165) is 51.4 Å². The first-order valence-corrected chi connectivity index (χ1v) is 25.8. The highest BCUT2D eigenvalue weighted by atomic mass is 16.5. The fourth-order valence-corrected chi connectivity index (χ4v) is 7.71. The molecule has 2 unspecified atom stereocenters. The van der Waals surface area contributed by atoms with Gasteiger partial charge in [0.05, 0.1) is 25.4 Å². The SMILES string of the molecule is CCCCCCCCCC/C=C/C(O)C(CO)NC(=O)CCCCCCCCCCCCCCCC/C=C\C/C=C\CCOC(=O)CCCCCCCCCCCCC. The molecule has 1 amide bonds. The van der Waals surface area contributed by atoms with Crippen LogP contribution in [0.3, 0.4) is 0 Å². The van der Waals surface area contributed by atoms with E-state index in [2.05, 4.69) is 43.5 Å². The van der Waals surface area contributed by atoms with E-state index in [1.54, 1.807) is 6.08 Å². The number of nitrogens with one attached hydrogen (secondary N) is 1. The van der Waals surface area contributed by atoms with E-state index in [0.29, 0.717) is 19.4 Å². The molecular weight excluding hydrogens is 731 g/mol. The van der Waals surface area contributed by atoms with Crippen molar-refractivity contribution in [1.29, 1.82) is 0 Å². The summed E-state index contributed by atoms with van der Waals surface area (Å²) in [5, 5.41) is 22.9. The Morgan fingerprint density at radius 1 is 0.475 bits per heavy atom. The molecule has 6 heteroatoms. The van der Waals surface area contributed by atoms with E-state index in [-0.39, 0.29) is 18.5 Å². The van der Waals surface area contributed by atoms with Gasteiger partial charge in [-0.3, -0.25) is 9.59 Å². The number of hydrogen-bond donors (Lipinski definition) is 3. The lowest BCUT2D eigenvalue weighted by atomic mass is 10.0. The van der Waals surface area contributed by atoms with Crippen LogP contribution in [-0.2, 0) is 14.3 Å². The summed E-state index contributed by atoms with van der Waals surface area (Å²) in [7, 11) is 0. The molecule has 59 heavy (non-hydrogen) atoms. The van der Waals surface area contributed by atoms with Crippen LogP contribution in [0.5, 0.6) is 0 Å². The number of ether oxygens (including phenoxy) is 1. The number of amides is 1. The van der Waals surface area contributed by atoms with Crippen LogP contribution in [0.4, 0.5) is 0 Å². The van der Waals surface area contributed by atoms with Crippen LogP contribution in [0, 0.1) is 0 Å². The average Bonchev–Trinajstić information content (AvgIpc) is 3.24. The topological polar surface area (TPSA) is 95.9 Å². The van der Waals surface area contributed by atoms with Crippen LogP contribution in [0.15, 0.2) is 36.5 Å². The van der Waals surface area contributed by atoms with Gasteiger partial charge in [-0.1, -0.05) is 237 Å². The minimum absolute atomic E-state index is 0.0369. The number of carbonyl (C=O) groups excluding carboxylic acids is 2. The maximum atomic E-state index is 12.4. The molecule has 0 aromatic rings. The molecule has 0 spiro atoms. The van der Waals surface area contributed by atoms with Crippen molar-refractivity contribution in [3.8, 4) is 0 Å². The monoisotopic (exact) mass is 830 g/mol. The van der Waals surface area contributed by atoms with Gasteiger partial charge in [0.2, 0.25) is 5.91 Å². The van der Waals surface area contributed by atoms with Crippen molar-refractivity contribution in [3.05, 3.63) is 36.5 Å². The maximum absolute atomic E-state index is 12.4. The third-order valence-corrected chi connectivity index (χ3v) is 11.7. The first-order valence-electron chi connectivity index (χ1n) is 25.8. The molecule has 0 saturated heterocycles. The molecule has 0 rings (SSSR count). The van der Waals surface area contributed by atoms with Gasteiger partial charge in [-0.2, -0.15) is 0 Å². The third kappa shape index (κ3) is 45.4.